The van der Waals surface area contributed by atoms with Crippen LogP contribution in [0.4, 0.5) is 5.69 Å². The molecule has 1 aliphatic carbocycles. The van der Waals surface area contributed by atoms with E-state index in [9.17, 15) is 9.59 Å². The molecule has 4 N–H and O–H groups in total. The van der Waals surface area contributed by atoms with Gasteiger partial charge in [-0.3, -0.25) is 9.59 Å². The molecule has 3 heterocycles. The Morgan fingerprint density at radius 2 is 2.05 bits per heavy atom. The summed E-state index contributed by atoms with van der Waals surface area (Å²) in [5.41, 5.74) is 10.5. The summed E-state index contributed by atoms with van der Waals surface area (Å²) in [5, 5.41) is 3.36. The summed E-state index contributed by atoms with van der Waals surface area (Å²) in [7, 11) is 2.16. The Labute approximate surface area is 219 Å². The molecule has 2 aliphatic heterocycles. The number of likely N-dealkylation sites (tertiary alicyclic amines) is 1. The SMILES string of the molecule is CCC(=O)CCCCC[C@H](NC(=O)[C@H]1CC12CCN(C)CC2)c1ncc(-c2ccc3c(c2)C=CNN3)[nH]1. The second-order valence-electron chi connectivity index (χ2n) is 11.1. The van der Waals surface area contributed by atoms with Crippen molar-refractivity contribution in [3.63, 3.8) is 0 Å². The van der Waals surface area contributed by atoms with Gasteiger partial charge in [0.25, 0.3) is 0 Å². The van der Waals surface area contributed by atoms with Crippen molar-refractivity contribution in [3.05, 3.63) is 42.0 Å². The van der Waals surface area contributed by atoms with Gasteiger partial charge >= 0.3 is 0 Å². The van der Waals surface area contributed by atoms with Crippen molar-refractivity contribution in [3.8, 4) is 11.3 Å². The molecule has 1 saturated carbocycles. The monoisotopic (exact) mass is 504 g/mol. The fourth-order valence-corrected chi connectivity index (χ4v) is 5.80. The highest BCUT2D eigenvalue weighted by Crippen LogP contribution is 2.59. The van der Waals surface area contributed by atoms with Crippen LogP contribution in [0.15, 0.2) is 30.6 Å². The topological polar surface area (TPSA) is 102 Å². The van der Waals surface area contributed by atoms with E-state index in [2.05, 4.69) is 45.2 Å². The van der Waals surface area contributed by atoms with Gasteiger partial charge in [0.2, 0.25) is 5.91 Å². The third-order valence-corrected chi connectivity index (χ3v) is 8.49. The third-order valence-electron chi connectivity index (χ3n) is 8.49. The fourth-order valence-electron chi connectivity index (χ4n) is 5.80. The van der Waals surface area contributed by atoms with Gasteiger partial charge in [-0.05, 0) is 75.9 Å². The molecule has 8 nitrogen and oxygen atoms in total. The number of benzene rings is 1. The van der Waals surface area contributed by atoms with Crippen LogP contribution in [-0.2, 0) is 9.59 Å². The number of amides is 1. The van der Waals surface area contributed by atoms with Crippen molar-refractivity contribution < 1.29 is 9.59 Å². The van der Waals surface area contributed by atoms with Crippen molar-refractivity contribution in [1.82, 2.24) is 25.6 Å². The number of anilines is 1. The lowest BCUT2D eigenvalue weighted by Gasteiger charge is -2.30. The summed E-state index contributed by atoms with van der Waals surface area (Å²) in [6, 6.07) is 6.09. The standard InChI is InChI=1S/C29H40N6O2/c1-3-22(36)7-5-4-6-8-25(33-28(37)23-18-29(23)12-15-35(2)16-13-29)27-30-19-26(32-27)20-9-10-24-21(17-20)11-14-31-34-24/h9-11,14,17,19,23,25,31,34H,3-8,12-13,15-16,18H2,1-2H3,(H,30,32)(H,33,37)/t23-,25+/m1/s1. The fraction of sp³-hybridized carbons (Fsp3) is 0.552. The van der Waals surface area contributed by atoms with Crippen LogP contribution in [0.3, 0.4) is 0 Å². The highest BCUT2D eigenvalue weighted by atomic mass is 16.2. The first kappa shape index (κ1) is 25.5. The van der Waals surface area contributed by atoms with Crippen LogP contribution < -0.4 is 16.2 Å². The molecule has 2 aromatic rings. The molecular weight excluding hydrogens is 464 g/mol. The molecule has 1 amide bonds. The van der Waals surface area contributed by atoms with Crippen molar-refractivity contribution in [1.29, 1.82) is 0 Å². The van der Waals surface area contributed by atoms with Gasteiger partial charge in [-0.2, -0.15) is 0 Å². The zero-order valence-corrected chi connectivity index (χ0v) is 22.1. The molecule has 2 atom stereocenters. The van der Waals surface area contributed by atoms with E-state index < -0.39 is 0 Å². The minimum atomic E-state index is -0.157. The van der Waals surface area contributed by atoms with Gasteiger partial charge in [-0.15, -0.1) is 0 Å². The molecule has 0 unspecified atom stereocenters. The molecule has 1 saturated heterocycles. The highest BCUT2D eigenvalue weighted by molar-refractivity contribution is 5.83. The van der Waals surface area contributed by atoms with Crippen LogP contribution in [0.5, 0.6) is 0 Å². The lowest BCUT2D eigenvalue weighted by molar-refractivity contribution is -0.124. The number of imidazole rings is 1. The Morgan fingerprint density at radius 3 is 2.86 bits per heavy atom. The normalized spacial score (nSPS) is 20.5. The highest BCUT2D eigenvalue weighted by Gasteiger charge is 2.58. The van der Waals surface area contributed by atoms with Crippen LogP contribution in [0.25, 0.3) is 17.3 Å². The summed E-state index contributed by atoms with van der Waals surface area (Å²) in [4.78, 5) is 35.6. The summed E-state index contributed by atoms with van der Waals surface area (Å²) >= 11 is 0. The largest absolute Gasteiger partial charge is 0.346 e. The van der Waals surface area contributed by atoms with Crippen LogP contribution in [-0.4, -0.2) is 46.7 Å². The van der Waals surface area contributed by atoms with Crippen molar-refractivity contribution in [2.75, 3.05) is 25.6 Å². The molecule has 1 aromatic carbocycles. The van der Waals surface area contributed by atoms with Gasteiger partial charge in [0, 0.05) is 36.1 Å². The molecular formula is C29H40N6O2. The maximum atomic E-state index is 13.4. The van der Waals surface area contributed by atoms with E-state index >= 15 is 0 Å². The number of aromatic amines is 1. The molecule has 37 heavy (non-hydrogen) atoms. The van der Waals surface area contributed by atoms with E-state index in [1.165, 1.54) is 0 Å². The number of hydrogen-bond donors (Lipinski definition) is 4. The Kier molecular flexibility index (Phi) is 7.65. The number of nitrogens with one attached hydrogen (secondary N) is 4. The maximum absolute atomic E-state index is 13.4. The summed E-state index contributed by atoms with van der Waals surface area (Å²) in [6.07, 6.45) is 13.9. The number of hydrazine groups is 1. The predicted octanol–water partition coefficient (Wildman–Crippen LogP) is 4.80. The molecule has 8 heteroatoms. The maximum Gasteiger partial charge on any atom is 0.224 e. The lowest BCUT2D eigenvalue weighted by atomic mass is 9.91. The average Bonchev–Trinajstić information content (AvgIpc) is 3.40. The van der Waals surface area contributed by atoms with E-state index in [1.807, 2.05) is 31.5 Å². The van der Waals surface area contributed by atoms with Crippen molar-refractivity contribution >= 4 is 23.5 Å². The summed E-state index contributed by atoms with van der Waals surface area (Å²) in [5.74, 6) is 1.42. The number of piperidine rings is 1. The van der Waals surface area contributed by atoms with Crippen LogP contribution in [0, 0.1) is 11.3 Å². The molecule has 5 rings (SSSR count). The number of rotatable bonds is 11. The number of unbranched alkanes of at least 4 members (excludes halogenated alkanes) is 2. The molecule has 0 radical (unpaired) electrons. The van der Waals surface area contributed by atoms with E-state index in [-0.39, 0.29) is 23.3 Å². The first-order valence-corrected chi connectivity index (χ1v) is 13.9. The Hall–Kier alpha value is -3.13. The molecule has 2 fully saturated rings. The van der Waals surface area contributed by atoms with E-state index in [0.29, 0.717) is 18.6 Å². The number of carbonyl (C=O) groups excluding carboxylic acids is 2. The quantitative estimate of drug-likeness (QED) is 0.328. The summed E-state index contributed by atoms with van der Waals surface area (Å²) < 4.78 is 0. The molecule has 3 aliphatic rings. The van der Waals surface area contributed by atoms with Gasteiger partial charge in [-0.25, -0.2) is 4.98 Å². The minimum absolute atomic E-state index is 0.119. The lowest BCUT2D eigenvalue weighted by Crippen LogP contribution is -2.36. The molecule has 0 bridgehead atoms. The molecule has 198 valence electrons. The number of Topliss-reactive ketones (excluding diaryl/α,β-unsaturated/α-hetero) is 1. The number of nitrogens with zero attached hydrogens (tertiary/aromatic N) is 2. The number of fused-ring (bicyclic) bond motifs is 1. The first-order chi connectivity index (χ1) is 18.0. The number of H-pyrrole nitrogens is 1. The second-order valence-corrected chi connectivity index (χ2v) is 11.1. The number of ketones is 1. The van der Waals surface area contributed by atoms with Crippen LogP contribution >= 0.6 is 0 Å². The van der Waals surface area contributed by atoms with E-state index in [0.717, 1.165) is 86.4 Å². The van der Waals surface area contributed by atoms with Gasteiger partial charge in [0.05, 0.1) is 23.6 Å². The van der Waals surface area contributed by atoms with Gasteiger partial charge in [-0.1, -0.05) is 25.8 Å². The predicted molar refractivity (Wildman–Crippen MR) is 146 cm³/mol. The van der Waals surface area contributed by atoms with E-state index in [4.69, 9.17) is 4.98 Å². The third kappa shape index (κ3) is 5.90. The Balaban J connectivity index is 1.26. The number of carbonyl (C=O) groups is 2. The number of hydrogen-bond acceptors (Lipinski definition) is 6. The molecule has 1 aromatic heterocycles. The Morgan fingerprint density at radius 1 is 1.22 bits per heavy atom. The zero-order valence-electron chi connectivity index (χ0n) is 22.1. The van der Waals surface area contributed by atoms with Gasteiger partial charge in [0.1, 0.15) is 11.6 Å². The van der Waals surface area contributed by atoms with Crippen LogP contribution in [0.1, 0.15) is 82.1 Å². The van der Waals surface area contributed by atoms with Crippen molar-refractivity contribution in [2.24, 2.45) is 11.3 Å². The zero-order chi connectivity index (χ0) is 25.8. The van der Waals surface area contributed by atoms with Crippen molar-refractivity contribution in [2.45, 2.75) is 70.8 Å². The first-order valence-electron chi connectivity index (χ1n) is 13.9. The van der Waals surface area contributed by atoms with E-state index in [1.54, 1.807) is 0 Å². The second kappa shape index (κ2) is 11.1. The number of aromatic nitrogens is 2. The average molecular weight is 505 g/mol. The van der Waals surface area contributed by atoms with Gasteiger partial charge < -0.3 is 26.1 Å². The van der Waals surface area contributed by atoms with Gasteiger partial charge in [0.15, 0.2) is 0 Å². The molecule has 1 spiro atoms. The van der Waals surface area contributed by atoms with Crippen LogP contribution in [0.2, 0.25) is 0 Å². The summed E-state index contributed by atoms with van der Waals surface area (Å²) in [6.45, 7) is 4.07. The smallest absolute Gasteiger partial charge is 0.224 e. The Bertz CT molecular complexity index is 1150. The minimum Gasteiger partial charge on any atom is -0.346 e.